The Morgan fingerprint density at radius 3 is 2.14 bits per heavy atom. The zero-order valence-electron chi connectivity index (χ0n) is 13.4. The highest BCUT2D eigenvalue weighted by Gasteiger charge is 2.09. The summed E-state index contributed by atoms with van der Waals surface area (Å²) in [5, 5.41) is 6.25. The number of hydrogen-bond donors (Lipinski definition) is 2. The Bertz CT molecular complexity index is 586. The Morgan fingerprint density at radius 2 is 1.55 bits per heavy atom. The van der Waals surface area contributed by atoms with Crippen LogP contribution in [0.4, 0.5) is 5.69 Å². The summed E-state index contributed by atoms with van der Waals surface area (Å²) in [6.07, 6.45) is 1.84. The molecule has 116 valence electrons. The van der Waals surface area contributed by atoms with Crippen molar-refractivity contribution in [3.8, 4) is 0 Å². The molecule has 0 fully saturated rings. The molecule has 2 N–H and O–H groups in total. The van der Waals surface area contributed by atoms with E-state index in [1.165, 1.54) is 16.7 Å². The molecule has 0 saturated carbocycles. The Hall–Kier alpha value is -2.13. The summed E-state index contributed by atoms with van der Waals surface area (Å²) in [5.74, 6) is 0.00605. The van der Waals surface area contributed by atoms with Gasteiger partial charge in [-0.25, -0.2) is 0 Å². The van der Waals surface area contributed by atoms with Crippen molar-refractivity contribution in [3.63, 3.8) is 0 Å². The largest absolute Gasteiger partial charge is 0.324 e. The van der Waals surface area contributed by atoms with Crippen LogP contribution in [0, 0.1) is 0 Å². The lowest BCUT2D eigenvalue weighted by Crippen LogP contribution is -2.28. The monoisotopic (exact) mass is 296 g/mol. The van der Waals surface area contributed by atoms with Gasteiger partial charge >= 0.3 is 0 Å². The van der Waals surface area contributed by atoms with E-state index in [1.54, 1.807) is 0 Å². The first-order valence-corrected chi connectivity index (χ1v) is 7.89. The van der Waals surface area contributed by atoms with E-state index in [4.69, 9.17) is 0 Å². The molecular formula is C19H24N2O. The predicted octanol–water partition coefficient (Wildman–Crippen LogP) is 3.54. The van der Waals surface area contributed by atoms with Crippen LogP contribution in [0.25, 0.3) is 0 Å². The Balaban J connectivity index is 1.92. The van der Waals surface area contributed by atoms with Gasteiger partial charge in [0.1, 0.15) is 0 Å². The number of para-hydroxylation sites is 1. The van der Waals surface area contributed by atoms with Crippen LogP contribution in [0.2, 0.25) is 0 Å². The summed E-state index contributed by atoms with van der Waals surface area (Å²) in [4.78, 5) is 12.2. The van der Waals surface area contributed by atoms with E-state index in [-0.39, 0.29) is 5.91 Å². The van der Waals surface area contributed by atoms with Gasteiger partial charge in [-0.05, 0) is 29.5 Å². The van der Waals surface area contributed by atoms with Crippen LogP contribution in [0.1, 0.15) is 30.5 Å². The smallest absolute Gasteiger partial charge is 0.238 e. The fourth-order valence-electron chi connectivity index (χ4n) is 2.50. The molecule has 0 unspecified atom stereocenters. The van der Waals surface area contributed by atoms with Crippen LogP contribution < -0.4 is 10.6 Å². The quantitative estimate of drug-likeness (QED) is 0.820. The molecule has 3 nitrogen and oxygen atoms in total. The fourth-order valence-corrected chi connectivity index (χ4v) is 2.50. The van der Waals surface area contributed by atoms with Gasteiger partial charge in [0.25, 0.3) is 0 Å². The summed E-state index contributed by atoms with van der Waals surface area (Å²) < 4.78 is 0. The van der Waals surface area contributed by atoms with Gasteiger partial charge in [0.15, 0.2) is 0 Å². The normalized spacial score (nSPS) is 10.5. The van der Waals surface area contributed by atoms with Crippen molar-refractivity contribution in [1.82, 2.24) is 5.32 Å². The minimum absolute atomic E-state index is 0.00605. The number of anilines is 1. The van der Waals surface area contributed by atoms with E-state index in [9.17, 15) is 4.79 Å². The zero-order valence-corrected chi connectivity index (χ0v) is 13.4. The molecule has 1 amide bonds. The minimum atomic E-state index is 0.00605. The molecule has 0 spiro atoms. The van der Waals surface area contributed by atoms with Crippen LogP contribution >= 0.6 is 0 Å². The molecular weight excluding hydrogens is 272 g/mol. The molecule has 0 aliphatic carbocycles. The number of benzene rings is 2. The van der Waals surface area contributed by atoms with Gasteiger partial charge in [-0.15, -0.1) is 0 Å². The zero-order chi connectivity index (χ0) is 15.8. The average molecular weight is 296 g/mol. The van der Waals surface area contributed by atoms with Crippen LogP contribution in [0.15, 0.2) is 48.5 Å². The Morgan fingerprint density at radius 1 is 0.909 bits per heavy atom. The van der Waals surface area contributed by atoms with Crippen LogP contribution in [-0.2, 0) is 24.2 Å². The lowest BCUT2D eigenvalue weighted by Gasteiger charge is -2.14. The van der Waals surface area contributed by atoms with Gasteiger partial charge in [-0.1, -0.05) is 62.4 Å². The molecule has 0 aliphatic rings. The van der Waals surface area contributed by atoms with Gasteiger partial charge in [0, 0.05) is 12.2 Å². The maximum Gasteiger partial charge on any atom is 0.238 e. The molecule has 0 heterocycles. The molecule has 0 aromatic heterocycles. The molecule has 22 heavy (non-hydrogen) atoms. The SMILES string of the molecule is CCc1cccc(CC)c1NC(=O)CNCc1ccccc1. The number of hydrogen-bond acceptors (Lipinski definition) is 2. The van der Waals surface area contributed by atoms with E-state index in [1.807, 2.05) is 30.3 Å². The Labute approximate surface area is 132 Å². The van der Waals surface area contributed by atoms with Gasteiger partial charge < -0.3 is 10.6 Å². The lowest BCUT2D eigenvalue weighted by atomic mass is 10.0. The highest BCUT2D eigenvalue weighted by atomic mass is 16.1. The maximum absolute atomic E-state index is 12.2. The average Bonchev–Trinajstić information content (AvgIpc) is 2.56. The molecule has 0 aliphatic heterocycles. The van der Waals surface area contributed by atoms with E-state index >= 15 is 0 Å². The van der Waals surface area contributed by atoms with Gasteiger partial charge in [0.05, 0.1) is 6.54 Å². The third-order valence-electron chi connectivity index (χ3n) is 3.72. The summed E-state index contributed by atoms with van der Waals surface area (Å²) in [6.45, 7) is 5.23. The van der Waals surface area contributed by atoms with Gasteiger partial charge in [-0.3, -0.25) is 4.79 Å². The Kier molecular flexibility index (Phi) is 6.16. The number of rotatable bonds is 7. The summed E-state index contributed by atoms with van der Waals surface area (Å²) in [5.41, 5.74) is 4.55. The first kappa shape index (κ1) is 16.2. The number of nitrogens with one attached hydrogen (secondary N) is 2. The number of aryl methyl sites for hydroxylation is 2. The number of carbonyl (C=O) groups excluding carboxylic acids is 1. The summed E-state index contributed by atoms with van der Waals surface area (Å²) >= 11 is 0. The van der Waals surface area contributed by atoms with Crippen molar-refractivity contribution in [2.45, 2.75) is 33.2 Å². The summed E-state index contributed by atoms with van der Waals surface area (Å²) in [7, 11) is 0. The number of amides is 1. The molecule has 0 saturated heterocycles. The molecule has 0 radical (unpaired) electrons. The number of carbonyl (C=O) groups is 1. The topological polar surface area (TPSA) is 41.1 Å². The fraction of sp³-hybridized carbons (Fsp3) is 0.316. The van der Waals surface area contributed by atoms with Crippen molar-refractivity contribution in [3.05, 3.63) is 65.2 Å². The van der Waals surface area contributed by atoms with Crippen molar-refractivity contribution >= 4 is 11.6 Å². The van der Waals surface area contributed by atoms with E-state index in [2.05, 4.69) is 42.7 Å². The van der Waals surface area contributed by atoms with Gasteiger partial charge in [-0.2, -0.15) is 0 Å². The molecule has 2 rings (SSSR count). The van der Waals surface area contributed by atoms with Crippen molar-refractivity contribution < 1.29 is 4.79 Å². The maximum atomic E-state index is 12.2. The highest BCUT2D eigenvalue weighted by Crippen LogP contribution is 2.22. The van der Waals surface area contributed by atoms with E-state index < -0.39 is 0 Å². The van der Waals surface area contributed by atoms with Crippen molar-refractivity contribution in [1.29, 1.82) is 0 Å². The third kappa shape index (κ3) is 4.43. The summed E-state index contributed by atoms with van der Waals surface area (Å²) in [6, 6.07) is 16.3. The molecule has 2 aromatic carbocycles. The second kappa shape index (κ2) is 8.35. The van der Waals surface area contributed by atoms with Crippen LogP contribution in [-0.4, -0.2) is 12.5 Å². The second-order valence-corrected chi connectivity index (χ2v) is 5.30. The predicted molar refractivity (Wildman–Crippen MR) is 92.0 cm³/mol. The molecule has 0 bridgehead atoms. The third-order valence-corrected chi connectivity index (χ3v) is 3.72. The van der Waals surface area contributed by atoms with Gasteiger partial charge in [0.2, 0.25) is 5.91 Å². The van der Waals surface area contributed by atoms with Crippen LogP contribution in [0.5, 0.6) is 0 Å². The standard InChI is InChI=1S/C19H24N2O/c1-3-16-11-8-12-17(4-2)19(16)21-18(22)14-20-13-15-9-6-5-7-10-15/h5-12,20H,3-4,13-14H2,1-2H3,(H,21,22). The van der Waals surface area contributed by atoms with E-state index in [0.29, 0.717) is 13.1 Å². The lowest BCUT2D eigenvalue weighted by molar-refractivity contribution is -0.115. The molecule has 2 aromatic rings. The van der Waals surface area contributed by atoms with E-state index in [0.717, 1.165) is 18.5 Å². The van der Waals surface area contributed by atoms with Crippen molar-refractivity contribution in [2.24, 2.45) is 0 Å². The first-order valence-electron chi connectivity index (χ1n) is 7.89. The first-order chi connectivity index (χ1) is 10.7. The van der Waals surface area contributed by atoms with Crippen LogP contribution in [0.3, 0.4) is 0 Å². The highest BCUT2D eigenvalue weighted by molar-refractivity contribution is 5.93. The van der Waals surface area contributed by atoms with Crippen molar-refractivity contribution in [2.75, 3.05) is 11.9 Å². The minimum Gasteiger partial charge on any atom is -0.324 e. The second-order valence-electron chi connectivity index (χ2n) is 5.30. The molecule has 0 atom stereocenters. The molecule has 3 heteroatoms.